The van der Waals surface area contributed by atoms with E-state index in [1.54, 1.807) is 6.08 Å². The molecule has 2 N–H and O–H groups in total. The molecule has 0 aromatic carbocycles. The van der Waals surface area contributed by atoms with Crippen molar-refractivity contribution in [2.45, 2.75) is 70.0 Å². The lowest BCUT2D eigenvalue weighted by atomic mass is 9.54. The van der Waals surface area contributed by atoms with Crippen molar-refractivity contribution in [3.8, 4) is 6.07 Å². The van der Waals surface area contributed by atoms with Crippen LogP contribution in [0.1, 0.15) is 58.3 Å². The maximum atomic E-state index is 11.8. The van der Waals surface area contributed by atoms with Crippen LogP contribution in [-0.4, -0.2) is 27.9 Å². The van der Waals surface area contributed by atoms with E-state index >= 15 is 0 Å². The predicted octanol–water partition coefficient (Wildman–Crippen LogP) is 3.31. The number of rotatable bonds is 2. The van der Waals surface area contributed by atoms with Gasteiger partial charge in [0.15, 0.2) is 5.78 Å². The van der Waals surface area contributed by atoms with Crippen molar-refractivity contribution in [1.82, 2.24) is 0 Å². The van der Waals surface area contributed by atoms with Crippen molar-refractivity contribution in [1.29, 1.82) is 5.26 Å². The molecule has 2 saturated carbocycles. The number of carbonyl (C=O) groups is 1. The molecule has 0 bridgehead atoms. The molecule has 0 heterocycles. The Bertz CT molecular complexity index is 718. The molecular formula is C20H25NO4. The SMILES string of the molecule is CC12CC(OO)C3=C4CCC(=O)C=C4CCC3C1CCC2(O)CC#N. The first kappa shape index (κ1) is 17.0. The third kappa shape index (κ3) is 2.28. The van der Waals surface area contributed by atoms with Gasteiger partial charge in [-0.1, -0.05) is 6.92 Å². The maximum absolute atomic E-state index is 11.8. The van der Waals surface area contributed by atoms with Gasteiger partial charge in [0.05, 0.1) is 18.1 Å². The Morgan fingerprint density at radius 3 is 2.88 bits per heavy atom. The molecule has 5 unspecified atom stereocenters. The Hall–Kier alpha value is -1.48. The second kappa shape index (κ2) is 5.77. The summed E-state index contributed by atoms with van der Waals surface area (Å²) in [4.78, 5) is 16.7. The predicted molar refractivity (Wildman–Crippen MR) is 90.2 cm³/mol. The molecule has 0 aliphatic heterocycles. The number of allylic oxidation sites excluding steroid dienone is 3. The van der Waals surface area contributed by atoms with Crippen molar-refractivity contribution >= 4 is 5.78 Å². The van der Waals surface area contributed by atoms with Crippen LogP contribution in [0, 0.1) is 28.6 Å². The molecule has 25 heavy (non-hydrogen) atoms. The molecule has 0 amide bonds. The van der Waals surface area contributed by atoms with Gasteiger partial charge in [-0.05, 0) is 73.2 Å². The number of aliphatic hydroxyl groups is 1. The largest absolute Gasteiger partial charge is 0.388 e. The molecular weight excluding hydrogens is 318 g/mol. The van der Waals surface area contributed by atoms with Crippen molar-refractivity contribution in [3.05, 3.63) is 22.8 Å². The van der Waals surface area contributed by atoms with Crippen molar-refractivity contribution < 1.29 is 20.0 Å². The van der Waals surface area contributed by atoms with E-state index in [0.29, 0.717) is 25.2 Å². The Morgan fingerprint density at radius 2 is 2.16 bits per heavy atom. The molecule has 4 aliphatic rings. The van der Waals surface area contributed by atoms with Crippen LogP contribution in [0.2, 0.25) is 0 Å². The van der Waals surface area contributed by atoms with E-state index in [-0.39, 0.29) is 18.1 Å². The zero-order chi connectivity index (χ0) is 17.8. The molecule has 5 heteroatoms. The van der Waals surface area contributed by atoms with Gasteiger partial charge in [0.1, 0.15) is 6.10 Å². The maximum Gasteiger partial charge on any atom is 0.156 e. The summed E-state index contributed by atoms with van der Waals surface area (Å²) in [5.74, 6) is 0.729. The lowest BCUT2D eigenvalue weighted by Crippen LogP contribution is -2.53. The minimum absolute atomic E-state index is 0.121. The number of carbonyl (C=O) groups excluding carboxylic acids is 1. The first-order valence-electron chi connectivity index (χ1n) is 9.30. The van der Waals surface area contributed by atoms with Gasteiger partial charge in [-0.25, -0.2) is 4.89 Å². The van der Waals surface area contributed by atoms with E-state index in [0.717, 1.165) is 36.8 Å². The fourth-order valence-electron chi connectivity index (χ4n) is 6.20. The highest BCUT2D eigenvalue weighted by atomic mass is 17.1. The van der Waals surface area contributed by atoms with Crippen molar-refractivity contribution in [2.24, 2.45) is 17.3 Å². The van der Waals surface area contributed by atoms with Crippen LogP contribution in [0.4, 0.5) is 0 Å². The zero-order valence-corrected chi connectivity index (χ0v) is 14.6. The monoisotopic (exact) mass is 343 g/mol. The highest BCUT2D eigenvalue weighted by Crippen LogP contribution is 2.64. The summed E-state index contributed by atoms with van der Waals surface area (Å²) in [5, 5.41) is 30.0. The Balaban J connectivity index is 1.80. The molecule has 4 aliphatic carbocycles. The fourth-order valence-corrected chi connectivity index (χ4v) is 6.20. The Kier molecular flexibility index (Phi) is 3.91. The van der Waals surface area contributed by atoms with Crippen molar-refractivity contribution in [3.63, 3.8) is 0 Å². The smallest absolute Gasteiger partial charge is 0.156 e. The minimum atomic E-state index is -1.02. The van der Waals surface area contributed by atoms with E-state index in [2.05, 4.69) is 13.0 Å². The highest BCUT2D eigenvalue weighted by Gasteiger charge is 2.63. The number of fused-ring (bicyclic) bond motifs is 4. The first-order valence-corrected chi connectivity index (χ1v) is 9.30. The first-order chi connectivity index (χ1) is 11.9. The summed E-state index contributed by atoms with van der Waals surface area (Å²) in [6.07, 6.45) is 6.51. The number of hydrogen-bond donors (Lipinski definition) is 2. The van der Waals surface area contributed by atoms with Gasteiger partial charge in [0, 0.05) is 11.8 Å². The van der Waals surface area contributed by atoms with Gasteiger partial charge in [-0.15, -0.1) is 0 Å². The molecule has 134 valence electrons. The fraction of sp³-hybridized carbons (Fsp3) is 0.700. The van der Waals surface area contributed by atoms with E-state index in [4.69, 9.17) is 4.89 Å². The summed E-state index contributed by atoms with van der Waals surface area (Å²) >= 11 is 0. The highest BCUT2D eigenvalue weighted by molar-refractivity contribution is 5.93. The number of nitrogens with zero attached hydrogens (tertiary/aromatic N) is 1. The van der Waals surface area contributed by atoms with Gasteiger partial charge < -0.3 is 5.11 Å². The molecule has 0 saturated heterocycles. The minimum Gasteiger partial charge on any atom is -0.388 e. The van der Waals surface area contributed by atoms with Gasteiger partial charge >= 0.3 is 0 Å². The quantitative estimate of drug-likeness (QED) is 0.593. The summed E-state index contributed by atoms with van der Waals surface area (Å²) < 4.78 is 0. The third-order valence-corrected chi connectivity index (χ3v) is 7.51. The molecule has 4 rings (SSSR count). The van der Waals surface area contributed by atoms with Crippen LogP contribution in [0.15, 0.2) is 22.8 Å². The normalized spacial score (nSPS) is 43.0. The van der Waals surface area contributed by atoms with E-state index in [1.807, 2.05) is 0 Å². The molecule has 5 atom stereocenters. The van der Waals surface area contributed by atoms with Crippen LogP contribution in [0.5, 0.6) is 0 Å². The molecule has 0 aromatic heterocycles. The molecule has 0 radical (unpaired) electrons. The second-order valence-electron chi connectivity index (χ2n) is 8.44. The lowest BCUT2D eigenvalue weighted by Gasteiger charge is -2.53. The Labute approximate surface area is 147 Å². The third-order valence-electron chi connectivity index (χ3n) is 7.51. The summed E-state index contributed by atoms with van der Waals surface area (Å²) in [6, 6.07) is 2.15. The van der Waals surface area contributed by atoms with Crippen LogP contribution >= 0.6 is 0 Å². The van der Waals surface area contributed by atoms with Gasteiger partial charge in [-0.2, -0.15) is 5.26 Å². The van der Waals surface area contributed by atoms with Crippen LogP contribution in [-0.2, 0) is 9.68 Å². The van der Waals surface area contributed by atoms with Crippen LogP contribution < -0.4 is 0 Å². The molecule has 5 nitrogen and oxygen atoms in total. The molecule has 0 spiro atoms. The van der Waals surface area contributed by atoms with E-state index in [9.17, 15) is 20.4 Å². The van der Waals surface area contributed by atoms with Crippen molar-refractivity contribution in [2.75, 3.05) is 0 Å². The second-order valence-corrected chi connectivity index (χ2v) is 8.44. The molecule has 2 fully saturated rings. The average molecular weight is 343 g/mol. The summed E-state index contributed by atoms with van der Waals surface area (Å²) in [6.45, 7) is 2.06. The summed E-state index contributed by atoms with van der Waals surface area (Å²) in [7, 11) is 0. The number of hydrogen-bond acceptors (Lipinski definition) is 5. The van der Waals surface area contributed by atoms with Gasteiger partial charge in [-0.3, -0.25) is 10.1 Å². The summed E-state index contributed by atoms with van der Waals surface area (Å²) in [5.41, 5.74) is 2.01. The standard InChI is InChI=1S/C20H25NO4/c1-19-11-17(25-24)18-14-5-3-13(22)10-12(14)2-4-15(18)16(19)6-7-20(19,23)8-9-21/h10,15-17,23-24H,2-8,11H2,1H3. The number of ketones is 1. The van der Waals surface area contributed by atoms with Crippen LogP contribution in [0.25, 0.3) is 0 Å². The number of nitriles is 1. The van der Waals surface area contributed by atoms with E-state index in [1.165, 1.54) is 5.57 Å². The Morgan fingerprint density at radius 1 is 1.36 bits per heavy atom. The lowest BCUT2D eigenvalue weighted by molar-refractivity contribution is -0.287. The zero-order valence-electron chi connectivity index (χ0n) is 14.6. The molecule has 0 aromatic rings. The average Bonchev–Trinajstić information content (AvgIpc) is 2.85. The topological polar surface area (TPSA) is 90.6 Å². The van der Waals surface area contributed by atoms with E-state index < -0.39 is 17.1 Å². The van der Waals surface area contributed by atoms with Gasteiger partial charge in [0.25, 0.3) is 0 Å². The van der Waals surface area contributed by atoms with Gasteiger partial charge in [0.2, 0.25) is 0 Å². The van der Waals surface area contributed by atoms with Crippen LogP contribution in [0.3, 0.4) is 0 Å².